The molecule has 1 aliphatic carbocycles. The van der Waals surface area contributed by atoms with Gasteiger partial charge in [-0.05, 0) is 12.8 Å². The third kappa shape index (κ3) is 4.23. The number of carbonyl (C=O) groups excluding carboxylic acids is 1. The molecule has 4 nitrogen and oxygen atoms in total. The Labute approximate surface area is 122 Å². The molecule has 118 valence electrons. The summed E-state index contributed by atoms with van der Waals surface area (Å²) in [5, 5.41) is 5.49. The summed E-state index contributed by atoms with van der Waals surface area (Å²) in [5.41, 5.74) is -0.431. The van der Waals surface area contributed by atoms with E-state index in [4.69, 9.17) is 0 Å². The highest BCUT2D eigenvalue weighted by Crippen LogP contribution is 2.45. The molecule has 2 aliphatic rings. The first-order chi connectivity index (χ1) is 8.83. The van der Waals surface area contributed by atoms with Gasteiger partial charge in [-0.1, -0.05) is 6.92 Å². The molecule has 1 amide bonds. The number of rotatable bonds is 4. The van der Waals surface area contributed by atoms with Crippen LogP contribution in [0.3, 0.4) is 0 Å². The minimum absolute atomic E-state index is 0. The minimum atomic E-state index is -4.31. The summed E-state index contributed by atoms with van der Waals surface area (Å²) in [5.74, 6) is -0.253. The van der Waals surface area contributed by atoms with Crippen LogP contribution in [-0.4, -0.2) is 55.7 Å². The number of piperazine rings is 1. The molecular weight excluding hydrogens is 295 g/mol. The number of amides is 1. The molecule has 1 unspecified atom stereocenters. The first-order valence-corrected chi connectivity index (χ1v) is 6.63. The zero-order chi connectivity index (χ0) is 14.1. The number of hydrogen-bond acceptors (Lipinski definition) is 3. The van der Waals surface area contributed by atoms with Gasteiger partial charge in [0.25, 0.3) is 0 Å². The lowest BCUT2D eigenvalue weighted by Gasteiger charge is -2.36. The van der Waals surface area contributed by atoms with E-state index in [1.807, 2.05) is 0 Å². The van der Waals surface area contributed by atoms with Crippen molar-refractivity contribution in [2.24, 2.45) is 5.41 Å². The standard InChI is InChI=1S/C12H20F3N3O.ClH/c1-11(2-3-11)10(19)17-8-9(12(13,14)15)18-6-4-16-5-7-18;/h9,16H,2-8H2,1H3,(H,17,19);1H. The normalized spacial score (nSPS) is 23.6. The monoisotopic (exact) mass is 315 g/mol. The van der Waals surface area contributed by atoms with Crippen molar-refractivity contribution in [3.05, 3.63) is 0 Å². The van der Waals surface area contributed by atoms with E-state index in [1.54, 1.807) is 6.92 Å². The van der Waals surface area contributed by atoms with Crippen molar-refractivity contribution < 1.29 is 18.0 Å². The smallest absolute Gasteiger partial charge is 0.354 e. The molecule has 1 aliphatic heterocycles. The number of halogens is 4. The second kappa shape index (κ2) is 6.49. The zero-order valence-corrected chi connectivity index (χ0v) is 12.2. The van der Waals surface area contributed by atoms with Crippen molar-refractivity contribution >= 4 is 18.3 Å². The van der Waals surface area contributed by atoms with Crippen LogP contribution in [-0.2, 0) is 4.79 Å². The summed E-state index contributed by atoms with van der Waals surface area (Å²) >= 11 is 0. The van der Waals surface area contributed by atoms with Gasteiger partial charge in [-0.2, -0.15) is 13.2 Å². The highest BCUT2D eigenvalue weighted by molar-refractivity contribution is 5.85. The molecule has 1 heterocycles. The summed E-state index contributed by atoms with van der Waals surface area (Å²) in [6.45, 7) is 3.26. The van der Waals surface area contributed by atoms with Gasteiger partial charge in [0.05, 0.1) is 0 Å². The zero-order valence-electron chi connectivity index (χ0n) is 11.4. The van der Waals surface area contributed by atoms with E-state index < -0.39 is 17.6 Å². The minimum Gasteiger partial charge on any atom is -0.354 e. The molecule has 1 saturated carbocycles. The Morgan fingerprint density at radius 3 is 2.35 bits per heavy atom. The Hall–Kier alpha value is -0.530. The molecule has 0 radical (unpaired) electrons. The molecule has 0 spiro atoms. The first-order valence-electron chi connectivity index (χ1n) is 6.63. The fourth-order valence-corrected chi connectivity index (χ4v) is 2.26. The largest absolute Gasteiger partial charge is 0.405 e. The van der Waals surface area contributed by atoms with Crippen LogP contribution < -0.4 is 10.6 Å². The summed E-state index contributed by atoms with van der Waals surface area (Å²) in [7, 11) is 0. The number of alkyl halides is 3. The van der Waals surface area contributed by atoms with Gasteiger partial charge in [0.2, 0.25) is 5.91 Å². The summed E-state index contributed by atoms with van der Waals surface area (Å²) in [6, 6.07) is -1.58. The number of hydrogen-bond donors (Lipinski definition) is 2. The number of carbonyl (C=O) groups is 1. The maximum absolute atomic E-state index is 13.1. The van der Waals surface area contributed by atoms with Crippen LogP contribution in [0.4, 0.5) is 13.2 Å². The van der Waals surface area contributed by atoms with Crippen molar-refractivity contribution in [1.82, 2.24) is 15.5 Å². The highest BCUT2D eigenvalue weighted by atomic mass is 35.5. The molecule has 0 bridgehead atoms. The van der Waals surface area contributed by atoms with Gasteiger partial charge in [0.15, 0.2) is 0 Å². The van der Waals surface area contributed by atoms with E-state index in [0.717, 1.165) is 12.8 Å². The number of nitrogens with one attached hydrogen (secondary N) is 2. The third-order valence-electron chi connectivity index (χ3n) is 3.97. The second-order valence-electron chi connectivity index (χ2n) is 5.61. The van der Waals surface area contributed by atoms with Gasteiger partial charge in [0, 0.05) is 38.1 Å². The quantitative estimate of drug-likeness (QED) is 0.818. The van der Waals surface area contributed by atoms with E-state index in [-0.39, 0.29) is 24.9 Å². The van der Waals surface area contributed by atoms with Crippen LogP contribution in [0.1, 0.15) is 19.8 Å². The van der Waals surface area contributed by atoms with E-state index in [2.05, 4.69) is 10.6 Å². The lowest BCUT2D eigenvalue weighted by atomic mass is 10.1. The molecule has 20 heavy (non-hydrogen) atoms. The third-order valence-corrected chi connectivity index (χ3v) is 3.97. The molecule has 0 aromatic heterocycles. The fraction of sp³-hybridized carbons (Fsp3) is 0.917. The van der Waals surface area contributed by atoms with E-state index in [1.165, 1.54) is 4.90 Å². The molecular formula is C12H21ClF3N3O. The van der Waals surface area contributed by atoms with Gasteiger partial charge >= 0.3 is 6.18 Å². The summed E-state index contributed by atoms with van der Waals surface area (Å²) in [4.78, 5) is 13.1. The van der Waals surface area contributed by atoms with Crippen LogP contribution in [0.5, 0.6) is 0 Å². The van der Waals surface area contributed by atoms with Crippen LogP contribution >= 0.6 is 12.4 Å². The van der Waals surface area contributed by atoms with Crippen molar-refractivity contribution in [3.8, 4) is 0 Å². The van der Waals surface area contributed by atoms with Gasteiger partial charge < -0.3 is 10.6 Å². The maximum atomic E-state index is 13.1. The molecule has 0 aromatic carbocycles. The van der Waals surface area contributed by atoms with Gasteiger partial charge in [-0.15, -0.1) is 12.4 Å². The molecule has 1 saturated heterocycles. The molecule has 0 aromatic rings. The summed E-state index contributed by atoms with van der Waals surface area (Å²) < 4.78 is 39.2. The topological polar surface area (TPSA) is 44.4 Å². The maximum Gasteiger partial charge on any atom is 0.405 e. The Morgan fingerprint density at radius 2 is 1.90 bits per heavy atom. The number of nitrogens with zero attached hydrogens (tertiary/aromatic N) is 1. The van der Waals surface area contributed by atoms with Gasteiger partial charge in [-0.3, -0.25) is 9.69 Å². The van der Waals surface area contributed by atoms with Crippen molar-refractivity contribution in [3.63, 3.8) is 0 Å². The van der Waals surface area contributed by atoms with Crippen molar-refractivity contribution in [2.75, 3.05) is 32.7 Å². The van der Waals surface area contributed by atoms with Crippen molar-refractivity contribution in [2.45, 2.75) is 32.0 Å². The van der Waals surface area contributed by atoms with Gasteiger partial charge in [0.1, 0.15) is 6.04 Å². The van der Waals surface area contributed by atoms with Crippen LogP contribution in [0, 0.1) is 5.41 Å². The molecule has 8 heteroatoms. The molecule has 2 fully saturated rings. The lowest BCUT2D eigenvalue weighted by Crippen LogP contribution is -2.57. The van der Waals surface area contributed by atoms with E-state index >= 15 is 0 Å². The molecule has 1 atom stereocenters. The predicted molar refractivity (Wildman–Crippen MR) is 71.9 cm³/mol. The van der Waals surface area contributed by atoms with Crippen LogP contribution in [0.15, 0.2) is 0 Å². The van der Waals surface area contributed by atoms with Crippen molar-refractivity contribution in [1.29, 1.82) is 0 Å². The molecule has 2 N–H and O–H groups in total. The van der Waals surface area contributed by atoms with Crippen LogP contribution in [0.25, 0.3) is 0 Å². The van der Waals surface area contributed by atoms with E-state index in [0.29, 0.717) is 26.2 Å². The molecule has 2 rings (SSSR count). The SMILES string of the molecule is CC1(C(=O)NCC(N2CCNCC2)C(F)(F)F)CC1.Cl. The first kappa shape index (κ1) is 17.5. The average Bonchev–Trinajstić information content (AvgIpc) is 3.08. The second-order valence-corrected chi connectivity index (χ2v) is 5.61. The Balaban J connectivity index is 0.00000200. The lowest BCUT2D eigenvalue weighted by molar-refractivity contribution is -0.184. The Morgan fingerprint density at radius 1 is 1.35 bits per heavy atom. The van der Waals surface area contributed by atoms with E-state index in [9.17, 15) is 18.0 Å². The highest BCUT2D eigenvalue weighted by Gasteiger charge is 2.47. The fourth-order valence-electron chi connectivity index (χ4n) is 2.26. The average molecular weight is 316 g/mol. The summed E-state index contributed by atoms with van der Waals surface area (Å²) in [6.07, 6.45) is -2.78. The van der Waals surface area contributed by atoms with Gasteiger partial charge in [-0.25, -0.2) is 0 Å². The Bertz CT molecular complexity index is 341. The van der Waals surface area contributed by atoms with Crippen LogP contribution in [0.2, 0.25) is 0 Å². The Kier molecular flexibility index (Phi) is 5.69. The predicted octanol–water partition coefficient (Wildman–Crippen LogP) is 1.16.